The van der Waals surface area contributed by atoms with E-state index in [9.17, 15) is 9.90 Å². The maximum Gasteiger partial charge on any atom is 0.228 e. The maximum atomic E-state index is 12.7. The lowest BCUT2D eigenvalue weighted by Crippen LogP contribution is -2.54. The van der Waals surface area contributed by atoms with Crippen molar-refractivity contribution in [1.82, 2.24) is 9.88 Å². The third-order valence-corrected chi connectivity index (χ3v) is 6.90. The Labute approximate surface area is 158 Å². The minimum Gasteiger partial charge on any atom is -0.389 e. The molecular formula is C21H26N2O2S. The van der Waals surface area contributed by atoms with Crippen molar-refractivity contribution in [2.24, 2.45) is 5.92 Å². The predicted molar refractivity (Wildman–Crippen MR) is 104 cm³/mol. The van der Waals surface area contributed by atoms with Crippen molar-refractivity contribution >= 4 is 17.2 Å². The summed E-state index contributed by atoms with van der Waals surface area (Å²) in [6, 6.07) is 8.32. The van der Waals surface area contributed by atoms with Gasteiger partial charge in [0.05, 0.1) is 17.7 Å². The van der Waals surface area contributed by atoms with Gasteiger partial charge in [-0.25, -0.2) is 4.98 Å². The fourth-order valence-electron chi connectivity index (χ4n) is 4.28. The molecule has 2 fully saturated rings. The van der Waals surface area contributed by atoms with Gasteiger partial charge in [0.1, 0.15) is 5.01 Å². The molecule has 1 saturated heterocycles. The minimum atomic E-state index is -0.533. The van der Waals surface area contributed by atoms with E-state index in [0.717, 1.165) is 41.9 Å². The van der Waals surface area contributed by atoms with Crippen LogP contribution in [0.5, 0.6) is 0 Å². The van der Waals surface area contributed by atoms with Crippen LogP contribution in [0, 0.1) is 12.8 Å². The van der Waals surface area contributed by atoms with Crippen molar-refractivity contribution in [2.75, 3.05) is 13.1 Å². The molecule has 1 saturated carbocycles. The first-order valence-electron chi connectivity index (χ1n) is 9.55. The van der Waals surface area contributed by atoms with Crippen LogP contribution < -0.4 is 0 Å². The highest BCUT2D eigenvalue weighted by molar-refractivity contribution is 7.13. The number of piperidine rings is 1. The number of fused-ring (bicyclic) bond motifs is 1. The summed E-state index contributed by atoms with van der Waals surface area (Å²) in [5.74, 6) is 0.380. The van der Waals surface area contributed by atoms with Gasteiger partial charge in [-0.2, -0.15) is 0 Å². The van der Waals surface area contributed by atoms with Gasteiger partial charge in [0.25, 0.3) is 0 Å². The fraction of sp³-hybridized carbons (Fsp3) is 0.524. The lowest BCUT2D eigenvalue weighted by atomic mass is 9.71. The Hall–Kier alpha value is -1.72. The Bertz CT molecular complexity index is 786. The van der Waals surface area contributed by atoms with E-state index in [2.05, 4.69) is 36.2 Å². The second kappa shape index (κ2) is 7.12. The maximum absolute atomic E-state index is 12.7. The molecule has 5 heteroatoms. The Morgan fingerprint density at radius 2 is 2.12 bits per heavy atom. The lowest BCUT2D eigenvalue weighted by molar-refractivity contribution is -0.142. The van der Waals surface area contributed by atoms with E-state index in [1.165, 1.54) is 12.0 Å². The van der Waals surface area contributed by atoms with Gasteiger partial charge in [-0.1, -0.05) is 42.7 Å². The first kappa shape index (κ1) is 17.7. The van der Waals surface area contributed by atoms with Crippen molar-refractivity contribution in [3.05, 3.63) is 40.9 Å². The number of carbonyl (C=O) groups excluding carboxylic acids is 1. The predicted octanol–water partition coefficient (Wildman–Crippen LogP) is 3.81. The molecule has 138 valence electrons. The Morgan fingerprint density at radius 3 is 2.92 bits per heavy atom. The number of nitrogens with zero attached hydrogens (tertiary/aromatic N) is 2. The Morgan fingerprint density at radius 1 is 1.31 bits per heavy atom. The van der Waals surface area contributed by atoms with Gasteiger partial charge < -0.3 is 10.0 Å². The van der Waals surface area contributed by atoms with Gasteiger partial charge in [0, 0.05) is 30.0 Å². The number of thiazole rings is 1. The molecule has 26 heavy (non-hydrogen) atoms. The average Bonchev–Trinajstić information content (AvgIpc) is 3.10. The summed E-state index contributed by atoms with van der Waals surface area (Å²) in [5.41, 5.74) is 2.65. The monoisotopic (exact) mass is 370 g/mol. The fourth-order valence-corrected chi connectivity index (χ4v) is 5.11. The van der Waals surface area contributed by atoms with Gasteiger partial charge >= 0.3 is 0 Å². The topological polar surface area (TPSA) is 53.4 Å². The first-order valence-corrected chi connectivity index (χ1v) is 10.4. The van der Waals surface area contributed by atoms with Gasteiger partial charge in [-0.3, -0.25) is 4.79 Å². The van der Waals surface area contributed by atoms with Crippen molar-refractivity contribution in [2.45, 2.75) is 51.0 Å². The molecule has 2 aliphatic rings. The summed E-state index contributed by atoms with van der Waals surface area (Å²) in [5, 5.41) is 13.7. The van der Waals surface area contributed by atoms with Crippen molar-refractivity contribution in [3.63, 3.8) is 0 Å². The zero-order chi connectivity index (χ0) is 18.1. The van der Waals surface area contributed by atoms with Gasteiger partial charge in [-0.15, -0.1) is 11.3 Å². The van der Waals surface area contributed by atoms with E-state index in [1.54, 1.807) is 11.3 Å². The molecule has 0 bridgehead atoms. The molecule has 1 amide bonds. The number of rotatable bonds is 3. The third-order valence-electron chi connectivity index (χ3n) is 5.96. The molecule has 0 radical (unpaired) electrons. The largest absolute Gasteiger partial charge is 0.389 e. The number of aliphatic hydroxyl groups is 1. The summed E-state index contributed by atoms with van der Waals surface area (Å²) in [6.07, 6.45) is 5.28. The standard InChI is InChI=1S/C21H26N2O2S/c1-15-5-7-16(8-6-15)20-22-18(14-26-20)12-19(24)23-11-10-21(25)9-3-2-4-17(21)13-23/h5-8,14,17,25H,2-4,9-13H2,1H3/t17-,21-/m0/s1. The number of aromatic nitrogens is 1. The molecule has 0 unspecified atom stereocenters. The van der Waals surface area contributed by atoms with Crippen LogP contribution in [0.1, 0.15) is 43.4 Å². The Kier molecular flexibility index (Phi) is 4.84. The molecule has 4 nitrogen and oxygen atoms in total. The zero-order valence-corrected chi connectivity index (χ0v) is 16.1. The minimum absolute atomic E-state index is 0.137. The van der Waals surface area contributed by atoms with Crippen molar-refractivity contribution in [3.8, 4) is 10.6 Å². The summed E-state index contributed by atoms with van der Waals surface area (Å²) in [4.78, 5) is 19.3. The van der Waals surface area contributed by atoms with E-state index in [-0.39, 0.29) is 11.8 Å². The quantitative estimate of drug-likeness (QED) is 0.894. The van der Waals surface area contributed by atoms with Gasteiger partial charge in [-0.05, 0) is 26.2 Å². The molecule has 1 N–H and O–H groups in total. The van der Waals surface area contributed by atoms with Crippen LogP contribution in [0.4, 0.5) is 0 Å². The SMILES string of the molecule is Cc1ccc(-c2nc(CC(=O)N3CC[C@@]4(O)CCCC[C@H]4C3)cs2)cc1. The molecular weight excluding hydrogens is 344 g/mol. The second-order valence-corrected chi connectivity index (χ2v) is 8.68. The normalized spacial score (nSPS) is 25.8. The molecule has 2 heterocycles. The number of hydrogen-bond donors (Lipinski definition) is 1. The second-order valence-electron chi connectivity index (χ2n) is 7.82. The van der Waals surface area contributed by atoms with Crippen LogP contribution in [0.3, 0.4) is 0 Å². The Balaban J connectivity index is 1.40. The number of carbonyl (C=O) groups is 1. The van der Waals surface area contributed by atoms with Crippen LogP contribution >= 0.6 is 11.3 Å². The van der Waals surface area contributed by atoms with Gasteiger partial charge in [0.15, 0.2) is 0 Å². The van der Waals surface area contributed by atoms with E-state index in [1.807, 2.05) is 10.3 Å². The molecule has 4 rings (SSSR count). The highest BCUT2D eigenvalue weighted by atomic mass is 32.1. The summed E-state index contributed by atoms with van der Waals surface area (Å²) >= 11 is 1.59. The number of benzene rings is 1. The number of hydrogen-bond acceptors (Lipinski definition) is 4. The third kappa shape index (κ3) is 3.55. The highest BCUT2D eigenvalue weighted by Gasteiger charge is 2.43. The van der Waals surface area contributed by atoms with Gasteiger partial charge in [0.2, 0.25) is 5.91 Å². The molecule has 0 spiro atoms. The van der Waals surface area contributed by atoms with E-state index in [4.69, 9.17) is 0 Å². The smallest absolute Gasteiger partial charge is 0.228 e. The number of likely N-dealkylation sites (tertiary alicyclic amines) is 1. The summed E-state index contributed by atoms with van der Waals surface area (Å²) in [6.45, 7) is 3.44. The zero-order valence-electron chi connectivity index (χ0n) is 15.3. The summed E-state index contributed by atoms with van der Waals surface area (Å²) < 4.78 is 0. The molecule has 1 aliphatic heterocycles. The molecule has 2 atom stereocenters. The van der Waals surface area contributed by atoms with Crippen molar-refractivity contribution in [1.29, 1.82) is 0 Å². The van der Waals surface area contributed by atoms with E-state index < -0.39 is 5.60 Å². The molecule has 2 aromatic rings. The average molecular weight is 371 g/mol. The van der Waals surface area contributed by atoms with E-state index >= 15 is 0 Å². The summed E-state index contributed by atoms with van der Waals surface area (Å²) in [7, 11) is 0. The van der Waals surface area contributed by atoms with Crippen LogP contribution in [-0.2, 0) is 11.2 Å². The van der Waals surface area contributed by atoms with Crippen LogP contribution in [-0.4, -0.2) is 39.6 Å². The van der Waals surface area contributed by atoms with Crippen LogP contribution in [0.2, 0.25) is 0 Å². The van der Waals surface area contributed by atoms with E-state index in [0.29, 0.717) is 19.5 Å². The number of amides is 1. The molecule has 1 aromatic heterocycles. The molecule has 1 aromatic carbocycles. The van der Waals surface area contributed by atoms with Crippen molar-refractivity contribution < 1.29 is 9.90 Å². The highest BCUT2D eigenvalue weighted by Crippen LogP contribution is 2.39. The first-order chi connectivity index (χ1) is 12.5. The molecule has 1 aliphatic carbocycles. The van der Waals surface area contributed by atoms with Crippen LogP contribution in [0.25, 0.3) is 10.6 Å². The van der Waals surface area contributed by atoms with Crippen LogP contribution in [0.15, 0.2) is 29.6 Å². The number of aryl methyl sites for hydroxylation is 1. The lowest BCUT2D eigenvalue weighted by Gasteiger charge is -2.47.